The highest BCUT2D eigenvalue weighted by Crippen LogP contribution is 2.20. The van der Waals surface area contributed by atoms with Crippen molar-refractivity contribution < 1.29 is 9.53 Å². The van der Waals surface area contributed by atoms with E-state index in [0.29, 0.717) is 17.9 Å². The van der Waals surface area contributed by atoms with Gasteiger partial charge in [0.15, 0.2) is 5.78 Å². The van der Waals surface area contributed by atoms with Gasteiger partial charge in [-0.05, 0) is 39.0 Å². The second-order valence-electron chi connectivity index (χ2n) is 4.67. The maximum atomic E-state index is 11.3. The van der Waals surface area contributed by atoms with E-state index in [1.807, 2.05) is 33.0 Å². The molecule has 0 spiro atoms. The molecule has 0 amide bonds. The largest absolute Gasteiger partial charge is 0.398 e. The molecule has 0 heterocycles. The molecule has 0 atom stereocenters. The van der Waals surface area contributed by atoms with Crippen molar-refractivity contribution in [2.75, 3.05) is 30.8 Å². The summed E-state index contributed by atoms with van der Waals surface area (Å²) < 4.78 is 5.50. The molecule has 0 bridgehead atoms. The Morgan fingerprint density at radius 2 is 2.11 bits per heavy atom. The van der Waals surface area contributed by atoms with Crippen molar-refractivity contribution in [3.05, 3.63) is 23.8 Å². The van der Waals surface area contributed by atoms with E-state index < -0.39 is 0 Å². The number of carbonyl (C=O) groups excluding carboxylic acids is 1. The number of rotatable bonds is 6. The fourth-order valence-corrected chi connectivity index (χ4v) is 1.66. The van der Waals surface area contributed by atoms with Gasteiger partial charge in [-0.15, -0.1) is 0 Å². The second kappa shape index (κ2) is 6.40. The molecule has 0 saturated heterocycles. The van der Waals surface area contributed by atoms with Gasteiger partial charge in [0.25, 0.3) is 0 Å². The number of anilines is 2. The molecule has 0 aliphatic carbocycles. The first-order valence-electron chi connectivity index (χ1n) is 6.15. The first-order chi connectivity index (χ1) is 8.41. The second-order valence-corrected chi connectivity index (χ2v) is 4.67. The molecule has 0 saturated carbocycles. The Balaban J connectivity index is 2.66. The molecule has 1 aromatic rings. The lowest BCUT2D eigenvalue weighted by molar-refractivity contribution is 0.0846. The Hall–Kier alpha value is -1.55. The molecule has 0 fully saturated rings. The van der Waals surface area contributed by atoms with Crippen LogP contribution in [-0.4, -0.2) is 32.1 Å². The maximum Gasteiger partial charge on any atom is 0.161 e. The van der Waals surface area contributed by atoms with Gasteiger partial charge in [0, 0.05) is 30.5 Å². The summed E-state index contributed by atoms with van der Waals surface area (Å²) in [6.07, 6.45) is 0.239. The van der Waals surface area contributed by atoms with Gasteiger partial charge < -0.3 is 15.4 Å². The number of hydrogen-bond acceptors (Lipinski definition) is 4. The normalized spacial score (nSPS) is 10.7. The lowest BCUT2D eigenvalue weighted by Crippen LogP contribution is -2.24. The average Bonchev–Trinajstić information content (AvgIpc) is 2.27. The zero-order valence-electron chi connectivity index (χ0n) is 11.6. The van der Waals surface area contributed by atoms with Crippen LogP contribution in [0.1, 0.15) is 31.1 Å². The van der Waals surface area contributed by atoms with Crippen molar-refractivity contribution in [1.29, 1.82) is 0 Å². The van der Waals surface area contributed by atoms with Crippen LogP contribution in [0.4, 0.5) is 11.4 Å². The highest BCUT2D eigenvalue weighted by Gasteiger charge is 2.08. The molecule has 4 heteroatoms. The predicted octanol–water partition coefficient (Wildman–Crippen LogP) is 2.33. The first kappa shape index (κ1) is 14.5. The number of ketones is 1. The number of benzene rings is 1. The molecule has 18 heavy (non-hydrogen) atoms. The predicted molar refractivity (Wildman–Crippen MR) is 75.2 cm³/mol. The third-order valence-electron chi connectivity index (χ3n) is 2.73. The van der Waals surface area contributed by atoms with Crippen molar-refractivity contribution >= 4 is 17.2 Å². The monoisotopic (exact) mass is 250 g/mol. The topological polar surface area (TPSA) is 55.6 Å². The van der Waals surface area contributed by atoms with Crippen LogP contribution in [0.15, 0.2) is 18.2 Å². The van der Waals surface area contributed by atoms with E-state index in [9.17, 15) is 4.79 Å². The maximum absolute atomic E-state index is 11.3. The van der Waals surface area contributed by atoms with Crippen molar-refractivity contribution in [1.82, 2.24) is 0 Å². The molecule has 0 aliphatic heterocycles. The van der Waals surface area contributed by atoms with Crippen LogP contribution in [0.25, 0.3) is 0 Å². The first-order valence-corrected chi connectivity index (χ1v) is 6.15. The highest BCUT2D eigenvalue weighted by molar-refractivity contribution is 5.99. The van der Waals surface area contributed by atoms with Crippen molar-refractivity contribution in [3.8, 4) is 0 Å². The van der Waals surface area contributed by atoms with Crippen molar-refractivity contribution in [3.63, 3.8) is 0 Å². The number of nitrogens with zero attached hydrogens (tertiary/aromatic N) is 1. The van der Waals surface area contributed by atoms with Gasteiger partial charge in [-0.25, -0.2) is 0 Å². The average molecular weight is 250 g/mol. The Morgan fingerprint density at radius 3 is 2.61 bits per heavy atom. The molecule has 4 nitrogen and oxygen atoms in total. The van der Waals surface area contributed by atoms with Gasteiger partial charge in [0.2, 0.25) is 0 Å². The zero-order chi connectivity index (χ0) is 13.7. The van der Waals surface area contributed by atoms with Gasteiger partial charge >= 0.3 is 0 Å². The van der Waals surface area contributed by atoms with Gasteiger partial charge in [-0.2, -0.15) is 0 Å². The summed E-state index contributed by atoms with van der Waals surface area (Å²) in [4.78, 5) is 13.3. The van der Waals surface area contributed by atoms with E-state index in [1.54, 1.807) is 6.07 Å². The van der Waals surface area contributed by atoms with Gasteiger partial charge in [0.1, 0.15) is 0 Å². The summed E-state index contributed by atoms with van der Waals surface area (Å²) in [5.74, 6) is -0.00940. The molecule has 0 unspecified atom stereocenters. The van der Waals surface area contributed by atoms with Crippen LogP contribution in [0, 0.1) is 0 Å². The SMILES string of the molecule is CC(=O)c1ccc(N(C)CCOC(C)C)cc1N. The molecule has 0 aromatic heterocycles. The third-order valence-corrected chi connectivity index (χ3v) is 2.73. The van der Waals surface area contributed by atoms with Gasteiger partial charge in [0.05, 0.1) is 12.7 Å². The summed E-state index contributed by atoms with van der Waals surface area (Å²) in [6.45, 7) is 7.00. The number of hydrogen-bond donors (Lipinski definition) is 1. The molecule has 100 valence electrons. The van der Waals surface area contributed by atoms with Gasteiger partial charge in [-0.3, -0.25) is 4.79 Å². The van der Waals surface area contributed by atoms with Crippen LogP contribution in [0.5, 0.6) is 0 Å². The number of nitrogens with two attached hydrogens (primary N) is 1. The molecule has 2 N–H and O–H groups in total. The lowest BCUT2D eigenvalue weighted by Gasteiger charge is -2.21. The van der Waals surface area contributed by atoms with E-state index >= 15 is 0 Å². The molecule has 0 radical (unpaired) electrons. The fourth-order valence-electron chi connectivity index (χ4n) is 1.66. The number of carbonyl (C=O) groups is 1. The summed E-state index contributed by atoms with van der Waals surface area (Å²) in [6, 6.07) is 5.50. The number of likely N-dealkylation sites (N-methyl/N-ethyl adjacent to an activating group) is 1. The number of Topliss-reactive ketones (excluding diaryl/α,β-unsaturated/α-hetero) is 1. The van der Waals surface area contributed by atoms with Crippen LogP contribution in [-0.2, 0) is 4.74 Å². The van der Waals surface area contributed by atoms with Crippen LogP contribution in [0.3, 0.4) is 0 Å². The minimum Gasteiger partial charge on any atom is -0.398 e. The van der Waals surface area contributed by atoms with Crippen LogP contribution < -0.4 is 10.6 Å². The number of nitrogen functional groups attached to an aromatic ring is 1. The summed E-state index contributed by atoms with van der Waals surface area (Å²) in [5, 5.41) is 0. The number of ether oxygens (including phenoxy) is 1. The Morgan fingerprint density at radius 1 is 1.44 bits per heavy atom. The lowest BCUT2D eigenvalue weighted by atomic mass is 10.1. The smallest absolute Gasteiger partial charge is 0.161 e. The zero-order valence-corrected chi connectivity index (χ0v) is 11.6. The van der Waals surface area contributed by atoms with Crippen molar-refractivity contribution in [2.24, 2.45) is 0 Å². The van der Waals surface area contributed by atoms with Crippen LogP contribution >= 0.6 is 0 Å². The van der Waals surface area contributed by atoms with E-state index in [-0.39, 0.29) is 11.9 Å². The highest BCUT2D eigenvalue weighted by atomic mass is 16.5. The fraction of sp³-hybridized carbons (Fsp3) is 0.500. The standard InChI is InChI=1S/C14H22N2O2/c1-10(2)18-8-7-16(4)12-5-6-13(11(3)17)14(15)9-12/h5-6,9-10H,7-8,15H2,1-4H3. The summed E-state index contributed by atoms with van der Waals surface area (Å²) >= 11 is 0. The minimum atomic E-state index is -0.00940. The molecule has 0 aliphatic rings. The van der Waals surface area contributed by atoms with E-state index in [4.69, 9.17) is 10.5 Å². The quantitative estimate of drug-likeness (QED) is 0.622. The molecular weight excluding hydrogens is 228 g/mol. The summed E-state index contributed by atoms with van der Waals surface area (Å²) in [5.41, 5.74) is 7.95. The Bertz CT molecular complexity index is 416. The Labute approximate surface area is 109 Å². The molecule has 1 rings (SSSR count). The van der Waals surface area contributed by atoms with Crippen LogP contribution in [0.2, 0.25) is 0 Å². The summed E-state index contributed by atoms with van der Waals surface area (Å²) in [7, 11) is 1.98. The minimum absolute atomic E-state index is 0.00940. The Kier molecular flexibility index (Phi) is 5.16. The molecular formula is C14H22N2O2. The van der Waals surface area contributed by atoms with Gasteiger partial charge in [-0.1, -0.05) is 0 Å². The van der Waals surface area contributed by atoms with E-state index in [1.165, 1.54) is 6.92 Å². The van der Waals surface area contributed by atoms with E-state index in [0.717, 1.165) is 12.2 Å². The van der Waals surface area contributed by atoms with Crippen molar-refractivity contribution in [2.45, 2.75) is 26.9 Å². The van der Waals surface area contributed by atoms with E-state index in [2.05, 4.69) is 4.90 Å². The molecule has 1 aromatic carbocycles. The third kappa shape index (κ3) is 4.04.